The summed E-state index contributed by atoms with van der Waals surface area (Å²) >= 11 is 1.15. The van der Waals surface area contributed by atoms with Crippen molar-refractivity contribution < 1.29 is 35.4 Å². The summed E-state index contributed by atoms with van der Waals surface area (Å²) in [7, 11) is 0. The van der Waals surface area contributed by atoms with E-state index in [1.807, 2.05) is 13.0 Å². The van der Waals surface area contributed by atoms with E-state index in [4.69, 9.17) is 0 Å². The predicted molar refractivity (Wildman–Crippen MR) is 148 cm³/mol. The van der Waals surface area contributed by atoms with Gasteiger partial charge in [-0.1, -0.05) is 30.3 Å². The fourth-order valence-corrected chi connectivity index (χ4v) is 6.11. The molecule has 210 valence electrons. The molecule has 5 atom stereocenters. The molecule has 0 saturated carbocycles. The van der Waals surface area contributed by atoms with Gasteiger partial charge in [-0.25, -0.2) is 0 Å². The maximum Gasteiger partial charge on any atom is 0.220 e. The minimum absolute atomic E-state index is 0.00651. The van der Waals surface area contributed by atoms with Crippen molar-refractivity contribution in [2.75, 3.05) is 13.2 Å². The average Bonchev–Trinajstić information content (AvgIpc) is 2.88. The van der Waals surface area contributed by atoms with Crippen LogP contribution >= 0.6 is 11.8 Å². The second-order valence-electron chi connectivity index (χ2n) is 10.9. The van der Waals surface area contributed by atoms with Crippen molar-refractivity contribution in [1.82, 2.24) is 5.32 Å². The summed E-state index contributed by atoms with van der Waals surface area (Å²) in [4.78, 5) is 12.0. The first-order chi connectivity index (χ1) is 18.0. The van der Waals surface area contributed by atoms with Gasteiger partial charge in [-0.2, -0.15) is 0 Å². The number of aliphatic hydroxyl groups is 5. The van der Waals surface area contributed by atoms with Crippen LogP contribution in [0.3, 0.4) is 0 Å². The van der Waals surface area contributed by atoms with Crippen LogP contribution in [0.25, 0.3) is 0 Å². The number of aliphatic hydroxyl groups excluding tert-OH is 5. The Hall–Kier alpha value is -2.14. The summed E-state index contributed by atoms with van der Waals surface area (Å²) in [5, 5.41) is 62.0. The molecule has 9 heteroatoms. The summed E-state index contributed by atoms with van der Waals surface area (Å²) in [6.07, 6.45) is -0.423. The van der Waals surface area contributed by atoms with E-state index in [1.165, 1.54) is 5.56 Å². The molecule has 0 radical (unpaired) electrons. The molecule has 38 heavy (non-hydrogen) atoms. The van der Waals surface area contributed by atoms with Gasteiger partial charge in [0.2, 0.25) is 5.91 Å². The van der Waals surface area contributed by atoms with Gasteiger partial charge in [0.1, 0.15) is 11.9 Å². The number of benzene rings is 2. The molecule has 0 spiro atoms. The largest absolute Gasteiger partial charge is 0.508 e. The lowest BCUT2D eigenvalue weighted by Crippen LogP contribution is -2.51. The Morgan fingerprint density at radius 3 is 2.26 bits per heavy atom. The number of hydrogen-bond acceptors (Lipinski definition) is 8. The van der Waals surface area contributed by atoms with Crippen molar-refractivity contribution in [2.24, 2.45) is 0 Å². The molecular weight excluding hydrogens is 506 g/mol. The Bertz CT molecular complexity index is 1070. The normalized spacial score (nSPS) is 23.8. The van der Waals surface area contributed by atoms with E-state index in [0.717, 1.165) is 47.7 Å². The molecule has 0 aliphatic carbocycles. The maximum absolute atomic E-state index is 12.0. The van der Waals surface area contributed by atoms with E-state index in [0.29, 0.717) is 18.4 Å². The number of nitrogens with one attached hydrogen (secondary N) is 1. The van der Waals surface area contributed by atoms with E-state index >= 15 is 0 Å². The van der Waals surface area contributed by atoms with Crippen LogP contribution in [0.5, 0.6) is 5.75 Å². The first kappa shape index (κ1) is 30.4. The Morgan fingerprint density at radius 1 is 0.974 bits per heavy atom. The number of rotatable bonds is 11. The zero-order valence-electron chi connectivity index (χ0n) is 22.3. The molecule has 0 bridgehead atoms. The molecule has 2 aromatic carbocycles. The number of aromatic hydroxyl groups is 1. The monoisotopic (exact) mass is 547 g/mol. The number of phenols is 1. The van der Waals surface area contributed by atoms with Gasteiger partial charge in [-0.3, -0.25) is 4.79 Å². The van der Waals surface area contributed by atoms with E-state index in [2.05, 4.69) is 29.6 Å². The minimum atomic E-state index is -1.42. The number of carbonyl (C=O) groups excluding carboxylic acids is 1. The Labute approximate surface area is 228 Å². The lowest BCUT2D eigenvalue weighted by molar-refractivity contribution is -0.123. The maximum atomic E-state index is 12.0. The van der Waals surface area contributed by atoms with Gasteiger partial charge in [-0.15, -0.1) is 11.8 Å². The topological polar surface area (TPSA) is 150 Å². The molecule has 1 aliphatic rings. The van der Waals surface area contributed by atoms with Crippen molar-refractivity contribution in [2.45, 2.75) is 87.2 Å². The second-order valence-corrected chi connectivity index (χ2v) is 12.3. The van der Waals surface area contributed by atoms with Gasteiger partial charge < -0.3 is 36.0 Å². The van der Waals surface area contributed by atoms with Crippen LogP contribution in [0.2, 0.25) is 0 Å². The fraction of sp³-hybridized carbons (Fsp3) is 0.552. The molecule has 3 rings (SSSR count). The molecule has 1 amide bonds. The SMILES string of the molecule is Cc1cc(O)c(C2S[C@H](CO)[C@@H](O)[C@H](O)[C@H]2O)cc1Cc1ccc(CCCCC(=O)NC(C)(C)CO)cc1. The van der Waals surface area contributed by atoms with Gasteiger partial charge in [0.25, 0.3) is 0 Å². The quantitative estimate of drug-likeness (QED) is 0.212. The van der Waals surface area contributed by atoms with E-state index in [1.54, 1.807) is 19.9 Å². The number of thioether (sulfide) groups is 1. The van der Waals surface area contributed by atoms with Gasteiger partial charge in [-0.05, 0) is 74.8 Å². The highest BCUT2D eigenvalue weighted by Gasteiger charge is 2.44. The van der Waals surface area contributed by atoms with Gasteiger partial charge in [0.05, 0.1) is 41.5 Å². The number of hydrogen-bond donors (Lipinski definition) is 7. The molecule has 2 aromatic rings. The first-order valence-electron chi connectivity index (χ1n) is 13.1. The van der Waals surface area contributed by atoms with E-state index in [-0.39, 0.29) is 24.9 Å². The summed E-state index contributed by atoms with van der Waals surface area (Å²) in [5.41, 5.74) is 3.99. The van der Waals surface area contributed by atoms with Crippen LogP contribution in [-0.2, 0) is 17.6 Å². The zero-order chi connectivity index (χ0) is 28.0. The lowest BCUT2D eigenvalue weighted by Gasteiger charge is -2.40. The number of aryl methyl sites for hydroxylation is 2. The fourth-order valence-electron chi connectivity index (χ4n) is 4.67. The Balaban J connectivity index is 1.61. The van der Waals surface area contributed by atoms with E-state index in [9.17, 15) is 35.4 Å². The van der Waals surface area contributed by atoms with Crippen molar-refractivity contribution >= 4 is 17.7 Å². The molecule has 1 unspecified atom stereocenters. The van der Waals surface area contributed by atoms with Gasteiger partial charge in [0, 0.05) is 12.0 Å². The molecule has 1 aliphatic heterocycles. The second kappa shape index (κ2) is 13.3. The highest BCUT2D eigenvalue weighted by Crippen LogP contribution is 2.46. The molecule has 0 aromatic heterocycles. The average molecular weight is 548 g/mol. The minimum Gasteiger partial charge on any atom is -0.508 e. The van der Waals surface area contributed by atoms with Crippen molar-refractivity contribution in [3.8, 4) is 5.75 Å². The van der Waals surface area contributed by atoms with Crippen molar-refractivity contribution in [3.63, 3.8) is 0 Å². The molecule has 1 heterocycles. The number of amides is 1. The van der Waals surface area contributed by atoms with Crippen LogP contribution in [-0.4, -0.2) is 78.9 Å². The van der Waals surface area contributed by atoms with Crippen LogP contribution in [0, 0.1) is 6.92 Å². The van der Waals surface area contributed by atoms with Crippen LogP contribution in [0.15, 0.2) is 36.4 Å². The number of phenolic OH excluding ortho intramolecular Hbond substituents is 1. The third-order valence-corrected chi connectivity index (χ3v) is 8.70. The molecular formula is C29H41NO7S. The summed E-state index contributed by atoms with van der Waals surface area (Å²) in [6, 6.07) is 11.8. The molecule has 8 nitrogen and oxygen atoms in total. The highest BCUT2D eigenvalue weighted by molar-refractivity contribution is 8.00. The Morgan fingerprint density at radius 2 is 1.63 bits per heavy atom. The Kier molecular flexibility index (Phi) is 10.6. The summed E-state index contributed by atoms with van der Waals surface area (Å²) in [5.74, 6) is -0.0493. The van der Waals surface area contributed by atoms with Crippen LogP contribution in [0.4, 0.5) is 0 Å². The van der Waals surface area contributed by atoms with Crippen molar-refractivity contribution in [1.29, 1.82) is 0 Å². The summed E-state index contributed by atoms with van der Waals surface area (Å²) < 4.78 is 0. The lowest BCUT2D eigenvalue weighted by atomic mass is 9.92. The predicted octanol–water partition coefficient (Wildman–Crippen LogP) is 2.12. The first-order valence-corrected chi connectivity index (χ1v) is 14.0. The van der Waals surface area contributed by atoms with Gasteiger partial charge in [0.15, 0.2) is 0 Å². The van der Waals surface area contributed by atoms with Crippen LogP contribution < -0.4 is 5.32 Å². The third-order valence-electron chi connectivity index (χ3n) is 7.09. The highest BCUT2D eigenvalue weighted by atomic mass is 32.2. The third kappa shape index (κ3) is 7.71. The van der Waals surface area contributed by atoms with E-state index < -0.39 is 34.4 Å². The molecule has 7 N–H and O–H groups in total. The smallest absolute Gasteiger partial charge is 0.220 e. The number of unbranched alkanes of at least 4 members (excludes halogenated alkanes) is 1. The zero-order valence-corrected chi connectivity index (χ0v) is 23.1. The van der Waals surface area contributed by atoms with Crippen LogP contribution in [0.1, 0.15) is 66.2 Å². The summed E-state index contributed by atoms with van der Waals surface area (Å²) in [6.45, 7) is 5.02. The standard InChI is InChI=1S/C29H41NO7S/c1-17-12-22(33)21(28-27(37)26(36)25(35)23(15-31)38-28)14-20(17)13-19-10-8-18(9-11-19)6-4-5-7-24(34)30-29(2,3)16-32/h8-12,14,23,25-28,31-33,35-37H,4-7,13,15-16H2,1-3H3,(H,30,34)/t23-,25-,26+,27-,28?/m1/s1. The molecule has 1 fully saturated rings. The van der Waals surface area contributed by atoms with Crippen molar-refractivity contribution in [3.05, 3.63) is 64.2 Å². The van der Waals surface area contributed by atoms with Gasteiger partial charge >= 0.3 is 0 Å². The number of carbonyl (C=O) groups is 1. The molecule has 1 saturated heterocycles.